The average Bonchev–Trinajstić information content (AvgIpc) is 2.18. The molecule has 0 spiro atoms. The molecule has 0 aromatic carbocycles. The summed E-state index contributed by atoms with van der Waals surface area (Å²) in [7, 11) is 0. The second-order valence-electron chi connectivity index (χ2n) is 3.31. The van der Waals surface area contributed by atoms with Gasteiger partial charge in [-0.05, 0) is 25.3 Å². The van der Waals surface area contributed by atoms with Crippen LogP contribution in [0.3, 0.4) is 0 Å². The lowest BCUT2D eigenvalue weighted by Crippen LogP contribution is -2.03. The van der Waals surface area contributed by atoms with Crippen molar-refractivity contribution in [3.63, 3.8) is 0 Å². The van der Waals surface area contributed by atoms with Gasteiger partial charge in [-0.3, -0.25) is 0 Å². The first-order valence-corrected chi connectivity index (χ1v) is 4.87. The van der Waals surface area contributed by atoms with Crippen LogP contribution in [0.5, 0.6) is 0 Å². The molecule has 0 fully saturated rings. The van der Waals surface area contributed by atoms with Gasteiger partial charge in [-0.15, -0.1) is 0 Å². The summed E-state index contributed by atoms with van der Waals surface area (Å²) in [5.41, 5.74) is 3.56. The summed E-state index contributed by atoms with van der Waals surface area (Å²) in [4.78, 5) is 4.15. The minimum atomic E-state index is 0.332. The predicted octanol–water partition coefficient (Wildman–Crippen LogP) is 2.87. The molecule has 70 valence electrons. The van der Waals surface area contributed by atoms with E-state index in [-0.39, 0.29) is 0 Å². The quantitative estimate of drug-likeness (QED) is 0.610. The van der Waals surface area contributed by atoms with Crippen LogP contribution in [0.2, 0.25) is 5.15 Å². The molecule has 2 rings (SSSR count). The summed E-state index contributed by atoms with van der Waals surface area (Å²) < 4.78 is 0. The summed E-state index contributed by atoms with van der Waals surface area (Å²) in [6, 6.07) is 2.12. The lowest BCUT2D eigenvalue weighted by molar-refractivity contribution is 0.959. The van der Waals surface area contributed by atoms with Crippen LogP contribution in [-0.4, -0.2) is 4.98 Å². The number of allylic oxidation sites excluding steroid dienone is 1. The van der Waals surface area contributed by atoms with Crippen LogP contribution >= 0.6 is 11.6 Å². The highest BCUT2D eigenvalue weighted by atomic mass is 35.5. The molecule has 1 aromatic heterocycles. The van der Waals surface area contributed by atoms with Crippen molar-refractivity contribution in [1.82, 2.24) is 4.98 Å². The lowest BCUT2D eigenvalue weighted by Gasteiger charge is -2.14. The van der Waals surface area contributed by atoms with E-state index >= 15 is 0 Å². The van der Waals surface area contributed by atoms with Gasteiger partial charge in [0, 0.05) is 11.3 Å². The maximum Gasteiger partial charge on any atom is 0.147 e. The number of hydrogen-bond acceptors (Lipinski definition) is 2. The van der Waals surface area contributed by atoms with E-state index < -0.39 is 0 Å². The van der Waals surface area contributed by atoms with E-state index in [4.69, 9.17) is 16.9 Å². The van der Waals surface area contributed by atoms with E-state index in [9.17, 15) is 0 Å². The van der Waals surface area contributed by atoms with Crippen LogP contribution in [0, 0.1) is 18.3 Å². The molecule has 0 amide bonds. The van der Waals surface area contributed by atoms with Crippen molar-refractivity contribution >= 4 is 17.7 Å². The van der Waals surface area contributed by atoms with Crippen molar-refractivity contribution < 1.29 is 0 Å². The van der Waals surface area contributed by atoms with Crippen molar-refractivity contribution in [2.75, 3.05) is 0 Å². The Morgan fingerprint density at radius 3 is 3.07 bits per heavy atom. The highest BCUT2D eigenvalue weighted by Crippen LogP contribution is 2.28. The summed E-state index contributed by atoms with van der Waals surface area (Å²) >= 11 is 5.91. The van der Waals surface area contributed by atoms with Crippen LogP contribution in [-0.2, 0) is 6.42 Å². The van der Waals surface area contributed by atoms with Gasteiger partial charge in [0.05, 0.1) is 5.56 Å². The Balaban J connectivity index is 2.77. The molecular formula is C11H9ClN2. The molecular weight excluding hydrogens is 196 g/mol. The third-order valence-corrected chi connectivity index (χ3v) is 2.72. The normalized spacial score (nSPS) is 13.5. The smallest absolute Gasteiger partial charge is 0.147 e. The molecule has 0 saturated carbocycles. The van der Waals surface area contributed by atoms with Crippen LogP contribution in [0.1, 0.15) is 28.8 Å². The Labute approximate surface area is 87.8 Å². The molecule has 1 heterocycles. The fourth-order valence-electron chi connectivity index (χ4n) is 1.76. The zero-order valence-corrected chi connectivity index (χ0v) is 8.60. The SMILES string of the molecule is Cc1nc(Cl)c(C#N)c2c1C=CCC2. The Morgan fingerprint density at radius 2 is 2.36 bits per heavy atom. The van der Waals surface area contributed by atoms with Crippen molar-refractivity contribution in [2.45, 2.75) is 19.8 Å². The van der Waals surface area contributed by atoms with E-state index in [1.807, 2.05) is 13.0 Å². The van der Waals surface area contributed by atoms with Crippen LogP contribution in [0.4, 0.5) is 0 Å². The summed E-state index contributed by atoms with van der Waals surface area (Å²) in [5.74, 6) is 0. The Kier molecular flexibility index (Phi) is 2.26. The number of halogens is 1. The third kappa shape index (κ3) is 1.30. The van der Waals surface area contributed by atoms with Gasteiger partial charge in [0.25, 0.3) is 0 Å². The van der Waals surface area contributed by atoms with Crippen molar-refractivity contribution in [3.8, 4) is 6.07 Å². The van der Waals surface area contributed by atoms with Gasteiger partial charge in [-0.1, -0.05) is 23.8 Å². The molecule has 2 nitrogen and oxygen atoms in total. The van der Waals surface area contributed by atoms with Gasteiger partial charge in [-0.2, -0.15) is 5.26 Å². The highest BCUT2D eigenvalue weighted by molar-refractivity contribution is 6.30. The zero-order chi connectivity index (χ0) is 10.1. The summed E-state index contributed by atoms with van der Waals surface area (Å²) in [6.45, 7) is 1.92. The molecule has 1 aliphatic carbocycles. The maximum absolute atomic E-state index is 8.97. The molecule has 3 heteroatoms. The van der Waals surface area contributed by atoms with E-state index in [0.29, 0.717) is 10.7 Å². The van der Waals surface area contributed by atoms with Gasteiger partial charge in [0.2, 0.25) is 0 Å². The largest absolute Gasteiger partial charge is 0.239 e. The topological polar surface area (TPSA) is 36.7 Å². The first-order chi connectivity index (χ1) is 6.74. The maximum atomic E-state index is 8.97. The second-order valence-corrected chi connectivity index (χ2v) is 3.67. The second kappa shape index (κ2) is 3.43. The summed E-state index contributed by atoms with van der Waals surface area (Å²) in [5, 5.41) is 9.30. The Hall–Kier alpha value is -1.33. The van der Waals surface area contributed by atoms with E-state index in [1.54, 1.807) is 0 Å². The van der Waals surface area contributed by atoms with Gasteiger partial charge in [0.1, 0.15) is 11.2 Å². The predicted molar refractivity (Wildman–Crippen MR) is 56.1 cm³/mol. The van der Waals surface area contributed by atoms with E-state index in [1.165, 1.54) is 0 Å². The van der Waals surface area contributed by atoms with Crippen molar-refractivity contribution in [3.05, 3.63) is 33.6 Å². The average molecular weight is 205 g/mol. The third-order valence-electron chi connectivity index (χ3n) is 2.45. The molecule has 0 bridgehead atoms. The minimum absolute atomic E-state index is 0.332. The number of aromatic nitrogens is 1. The van der Waals surface area contributed by atoms with Crippen LogP contribution < -0.4 is 0 Å². The van der Waals surface area contributed by atoms with Gasteiger partial charge in [0.15, 0.2) is 0 Å². The molecule has 0 N–H and O–H groups in total. The number of fused-ring (bicyclic) bond motifs is 1. The van der Waals surface area contributed by atoms with Gasteiger partial charge < -0.3 is 0 Å². The van der Waals surface area contributed by atoms with Crippen LogP contribution in [0.15, 0.2) is 6.08 Å². The van der Waals surface area contributed by atoms with E-state index in [2.05, 4.69) is 17.1 Å². The standard InChI is InChI=1S/C11H9ClN2/c1-7-8-4-2-3-5-9(8)10(6-13)11(12)14-7/h2,4H,3,5H2,1H3. The molecule has 0 atom stereocenters. The number of aryl methyl sites for hydroxylation is 1. The monoisotopic (exact) mass is 204 g/mol. The molecule has 0 radical (unpaired) electrons. The van der Waals surface area contributed by atoms with Crippen molar-refractivity contribution in [2.24, 2.45) is 0 Å². The molecule has 1 aromatic rings. The number of pyridine rings is 1. The van der Waals surface area contributed by atoms with E-state index in [0.717, 1.165) is 29.7 Å². The van der Waals surface area contributed by atoms with Gasteiger partial charge in [-0.25, -0.2) is 4.98 Å². The molecule has 0 unspecified atom stereocenters. The summed E-state index contributed by atoms with van der Waals surface area (Å²) in [6.07, 6.45) is 5.99. The van der Waals surface area contributed by atoms with Crippen LogP contribution in [0.25, 0.3) is 6.08 Å². The number of nitriles is 1. The minimum Gasteiger partial charge on any atom is -0.239 e. The zero-order valence-electron chi connectivity index (χ0n) is 7.84. The molecule has 0 saturated heterocycles. The number of rotatable bonds is 0. The van der Waals surface area contributed by atoms with Gasteiger partial charge >= 0.3 is 0 Å². The fraction of sp³-hybridized carbons (Fsp3) is 0.273. The highest BCUT2D eigenvalue weighted by Gasteiger charge is 2.16. The first-order valence-electron chi connectivity index (χ1n) is 4.49. The Bertz CT molecular complexity index is 455. The molecule has 1 aliphatic rings. The number of hydrogen-bond donors (Lipinski definition) is 0. The first kappa shape index (κ1) is 9.23. The molecule has 14 heavy (non-hydrogen) atoms. The Morgan fingerprint density at radius 1 is 1.57 bits per heavy atom. The fourth-order valence-corrected chi connectivity index (χ4v) is 2.05. The molecule has 0 aliphatic heterocycles. The lowest BCUT2D eigenvalue weighted by atomic mass is 9.93. The van der Waals surface area contributed by atoms with Crippen molar-refractivity contribution in [1.29, 1.82) is 5.26 Å². The number of nitrogens with zero attached hydrogens (tertiary/aromatic N) is 2.